The summed E-state index contributed by atoms with van der Waals surface area (Å²) in [6.45, 7) is 3.84. The van der Waals surface area contributed by atoms with Gasteiger partial charge in [0.25, 0.3) is 5.24 Å². The molecule has 1 radical (unpaired) electrons. The van der Waals surface area contributed by atoms with Crippen molar-refractivity contribution in [3.05, 3.63) is 54.1 Å². The topological polar surface area (TPSA) is 80.1 Å². The van der Waals surface area contributed by atoms with Crippen molar-refractivity contribution in [1.82, 2.24) is 20.3 Å². The maximum atomic E-state index is 13.4. The normalized spacial score (nSPS) is 12.1. The second kappa shape index (κ2) is 11.4. The van der Waals surface area contributed by atoms with E-state index < -0.39 is 0 Å². The first-order valence-electron chi connectivity index (χ1n) is 11.7. The first-order valence-corrected chi connectivity index (χ1v) is 12.9. The Bertz CT molecular complexity index is 1170. The van der Waals surface area contributed by atoms with Gasteiger partial charge in [-0.2, -0.15) is 0 Å². The maximum absolute atomic E-state index is 13.4. The highest BCUT2D eigenvalue weighted by molar-refractivity contribution is 8.12. The third kappa shape index (κ3) is 5.19. The van der Waals surface area contributed by atoms with Gasteiger partial charge in [0.05, 0.1) is 17.9 Å². The van der Waals surface area contributed by atoms with Gasteiger partial charge in [0, 0.05) is 30.6 Å². The summed E-state index contributed by atoms with van der Waals surface area (Å²) < 4.78 is 1.99. The Morgan fingerprint density at radius 1 is 1.12 bits per heavy atom. The molecule has 3 aromatic rings. The third-order valence-corrected chi connectivity index (χ3v) is 6.46. The molecule has 2 amide bonds. The van der Waals surface area contributed by atoms with Crippen LogP contribution in [0.2, 0.25) is 12.6 Å². The largest absolute Gasteiger partial charge is 0.347 e. The van der Waals surface area contributed by atoms with Gasteiger partial charge in [0.2, 0.25) is 5.91 Å². The van der Waals surface area contributed by atoms with Gasteiger partial charge in [-0.05, 0) is 24.3 Å². The average Bonchev–Trinajstić information content (AvgIpc) is 3.27. The molecule has 175 valence electrons. The van der Waals surface area contributed by atoms with Crippen LogP contribution in [0.4, 0.5) is 10.5 Å². The van der Waals surface area contributed by atoms with E-state index in [1.54, 1.807) is 6.26 Å². The number of carbonyl (C=O) groups excluding carboxylic acids is 2. The van der Waals surface area contributed by atoms with Crippen molar-refractivity contribution in [2.24, 2.45) is 0 Å². The van der Waals surface area contributed by atoms with E-state index in [-0.39, 0.29) is 11.1 Å². The van der Waals surface area contributed by atoms with Crippen LogP contribution in [0.3, 0.4) is 0 Å². The summed E-state index contributed by atoms with van der Waals surface area (Å²) in [4.78, 5) is 26.7. The molecule has 1 N–H and O–H groups in total. The van der Waals surface area contributed by atoms with E-state index in [1.165, 1.54) is 0 Å². The van der Waals surface area contributed by atoms with Gasteiger partial charge in [-0.3, -0.25) is 9.59 Å². The van der Waals surface area contributed by atoms with Gasteiger partial charge < -0.3 is 10.2 Å². The first kappa shape index (κ1) is 24.1. The fraction of sp³-hybridized carbons (Fsp3) is 0.360. The van der Waals surface area contributed by atoms with Gasteiger partial charge in [-0.15, -0.1) is 5.10 Å². The summed E-state index contributed by atoms with van der Waals surface area (Å²) in [5.74, 6) is 0.0223. The average molecular weight is 474 g/mol. The molecule has 0 aliphatic carbocycles. The van der Waals surface area contributed by atoms with Crippen molar-refractivity contribution in [3.8, 4) is 22.5 Å². The number of hydrogen-bond acceptors (Lipinski definition) is 5. The molecule has 1 aliphatic heterocycles. The Morgan fingerprint density at radius 2 is 1.88 bits per heavy atom. The van der Waals surface area contributed by atoms with Crippen molar-refractivity contribution in [3.63, 3.8) is 0 Å². The van der Waals surface area contributed by atoms with E-state index in [9.17, 15) is 9.59 Å². The van der Waals surface area contributed by atoms with Gasteiger partial charge in [-0.1, -0.05) is 79.0 Å². The van der Waals surface area contributed by atoms with E-state index in [4.69, 9.17) is 0 Å². The number of thioether (sulfide) groups is 1. The molecule has 2 aromatic carbocycles. The minimum Gasteiger partial charge on any atom is -0.347 e. The quantitative estimate of drug-likeness (QED) is 0.372. The molecular weight excluding hydrogens is 445 g/mol. The molecule has 2 heterocycles. The number of hydrogen-bond donors (Lipinski definition) is 1. The second-order valence-corrected chi connectivity index (χ2v) is 8.95. The van der Waals surface area contributed by atoms with Crippen molar-refractivity contribution in [2.45, 2.75) is 45.5 Å². The number of aryl methyl sites for hydroxylation is 1. The molecule has 0 fully saturated rings. The van der Waals surface area contributed by atoms with Crippen LogP contribution in [0.15, 0.2) is 48.5 Å². The van der Waals surface area contributed by atoms with Crippen LogP contribution in [0, 0.1) is 0 Å². The van der Waals surface area contributed by atoms with Crippen LogP contribution in [0.25, 0.3) is 22.5 Å². The van der Waals surface area contributed by atoms with Crippen molar-refractivity contribution in [2.75, 3.05) is 17.7 Å². The minimum atomic E-state index is -0.0786. The Morgan fingerprint density at radius 3 is 2.68 bits per heavy atom. The number of amides is 2. The Hall–Kier alpha value is -3.07. The summed E-state index contributed by atoms with van der Waals surface area (Å²) in [6.07, 6.45) is 4.61. The summed E-state index contributed by atoms with van der Waals surface area (Å²) >= 11 is 1.14. The smallest absolute Gasteiger partial charge is 0.278 e. The fourth-order valence-electron chi connectivity index (χ4n) is 4.25. The van der Waals surface area contributed by atoms with Crippen LogP contribution >= 0.6 is 11.8 Å². The molecule has 9 heteroatoms. The van der Waals surface area contributed by atoms with E-state index in [0.717, 1.165) is 64.7 Å². The minimum absolute atomic E-state index is 0.0223. The number of nitrogens with one attached hydrogen (secondary N) is 1. The zero-order valence-corrected chi connectivity index (χ0v) is 20.5. The van der Waals surface area contributed by atoms with Crippen molar-refractivity contribution >= 4 is 35.9 Å². The Balaban J connectivity index is 1.70. The second-order valence-electron chi connectivity index (χ2n) is 8.17. The lowest BCUT2D eigenvalue weighted by atomic mass is 9.72. The SMILES string of the molecule is CC[B]CCn1nnc2c1-c1ccccc1CN(C(=O)CCCNC(=O)SC)c1ccccc1-2. The number of nitrogens with zero attached hydrogens (tertiary/aromatic N) is 4. The third-order valence-electron chi connectivity index (χ3n) is 5.94. The number of fused-ring (bicyclic) bond motifs is 5. The van der Waals surface area contributed by atoms with E-state index >= 15 is 0 Å². The first-order chi connectivity index (χ1) is 16.6. The van der Waals surface area contributed by atoms with Gasteiger partial charge in [-0.25, -0.2) is 4.68 Å². The lowest BCUT2D eigenvalue weighted by Crippen LogP contribution is -2.32. The molecule has 34 heavy (non-hydrogen) atoms. The summed E-state index contributed by atoms with van der Waals surface area (Å²) in [6, 6.07) is 16.1. The molecule has 1 aromatic heterocycles. The number of anilines is 1. The zero-order valence-electron chi connectivity index (χ0n) is 19.7. The molecule has 4 rings (SSSR count). The van der Waals surface area contributed by atoms with Crippen LogP contribution in [0.5, 0.6) is 0 Å². The molecule has 1 aliphatic rings. The van der Waals surface area contributed by atoms with Crippen LogP contribution in [-0.2, 0) is 17.9 Å². The highest BCUT2D eigenvalue weighted by Gasteiger charge is 2.28. The summed E-state index contributed by atoms with van der Waals surface area (Å²) in [5.41, 5.74) is 5.65. The van der Waals surface area contributed by atoms with Gasteiger partial charge in [0.1, 0.15) is 13.0 Å². The van der Waals surface area contributed by atoms with E-state index in [1.807, 2.05) is 46.0 Å². The number of benzene rings is 2. The number of para-hydroxylation sites is 1. The van der Waals surface area contributed by atoms with Crippen LogP contribution in [-0.4, -0.2) is 46.2 Å². The molecule has 0 spiro atoms. The Kier molecular flexibility index (Phi) is 8.05. The lowest BCUT2D eigenvalue weighted by molar-refractivity contribution is -0.118. The van der Waals surface area contributed by atoms with Crippen LogP contribution < -0.4 is 10.2 Å². The monoisotopic (exact) mass is 474 g/mol. The highest BCUT2D eigenvalue weighted by atomic mass is 32.2. The molecule has 0 atom stereocenters. The van der Waals surface area contributed by atoms with E-state index in [0.29, 0.717) is 25.9 Å². The summed E-state index contributed by atoms with van der Waals surface area (Å²) in [7, 11) is 2.25. The number of carbonyl (C=O) groups is 2. The molecule has 0 unspecified atom stereocenters. The Labute approximate surface area is 205 Å². The summed E-state index contributed by atoms with van der Waals surface area (Å²) in [5, 5.41) is 11.8. The standard InChI is InChI=1S/C25H29BN5O2S/c1-3-26-14-16-31-24-19-10-5-4-9-18(19)17-30(22(32)13-8-15-27-25(33)34-2)21-12-7-6-11-20(21)23(24)28-29-31/h4-7,9-12H,3,8,13-17H2,1-2H3,(H,27,33). The molecular formula is C25H29BN5O2S. The van der Waals surface area contributed by atoms with Crippen molar-refractivity contribution < 1.29 is 9.59 Å². The highest BCUT2D eigenvalue weighted by Crippen LogP contribution is 2.41. The van der Waals surface area contributed by atoms with Gasteiger partial charge >= 0.3 is 0 Å². The molecule has 0 bridgehead atoms. The maximum Gasteiger partial charge on any atom is 0.278 e. The predicted octanol–water partition coefficient (Wildman–Crippen LogP) is 4.87. The van der Waals surface area contributed by atoms with Crippen molar-refractivity contribution in [1.29, 1.82) is 0 Å². The number of rotatable bonds is 8. The molecule has 0 saturated carbocycles. The predicted molar refractivity (Wildman–Crippen MR) is 139 cm³/mol. The zero-order chi connectivity index (χ0) is 23.9. The molecule has 7 nitrogen and oxygen atoms in total. The lowest BCUT2D eigenvalue weighted by Gasteiger charge is -2.28. The van der Waals surface area contributed by atoms with Gasteiger partial charge in [0.15, 0.2) is 0 Å². The fourth-order valence-corrected chi connectivity index (χ4v) is 4.50. The van der Waals surface area contributed by atoms with E-state index in [2.05, 4.69) is 42.0 Å². The van der Waals surface area contributed by atoms with Crippen LogP contribution in [0.1, 0.15) is 25.3 Å². The molecule has 0 saturated heterocycles. The number of aromatic nitrogens is 3.